The van der Waals surface area contributed by atoms with Gasteiger partial charge in [-0.15, -0.1) is 0 Å². The lowest BCUT2D eigenvalue weighted by atomic mass is 10.1. The highest BCUT2D eigenvalue weighted by Crippen LogP contribution is 1.98. The van der Waals surface area contributed by atoms with E-state index in [0.717, 1.165) is 0 Å². The topological polar surface area (TPSA) is 118 Å². The second-order valence-corrected chi connectivity index (χ2v) is 2.53. The molecule has 4 N–H and O–H groups in total. The summed E-state index contributed by atoms with van der Waals surface area (Å²) in [6.07, 6.45) is -0.146. The van der Waals surface area contributed by atoms with Gasteiger partial charge in [0.15, 0.2) is 11.8 Å². The van der Waals surface area contributed by atoms with Gasteiger partial charge in [-0.2, -0.15) is 0 Å². The summed E-state index contributed by atoms with van der Waals surface area (Å²) in [7, 11) is 0. The molecule has 0 bridgehead atoms. The second kappa shape index (κ2) is 5.26. The summed E-state index contributed by atoms with van der Waals surface area (Å²) in [4.78, 5) is 31.1. The predicted molar refractivity (Wildman–Crippen MR) is 42.1 cm³/mol. The molecule has 0 aromatic heterocycles. The molecule has 0 aliphatic rings. The van der Waals surface area contributed by atoms with Crippen molar-refractivity contribution >= 4 is 17.7 Å². The van der Waals surface area contributed by atoms with Crippen LogP contribution in [0.2, 0.25) is 0 Å². The number of Topliss-reactive ketones (excluding diaryl/α,β-unsaturated/α-hetero) is 1. The zero-order valence-corrected chi connectivity index (χ0v) is 6.90. The first-order valence-electron chi connectivity index (χ1n) is 3.68. The van der Waals surface area contributed by atoms with E-state index in [1.54, 1.807) is 0 Å². The lowest BCUT2D eigenvalue weighted by molar-refractivity contribution is -0.142. The van der Waals surface area contributed by atoms with E-state index in [2.05, 4.69) is 0 Å². The van der Waals surface area contributed by atoms with Gasteiger partial charge < -0.3 is 15.9 Å². The number of rotatable bonds is 6. The monoisotopic (exact) mass is 189 g/mol. The zero-order valence-electron chi connectivity index (χ0n) is 6.90. The summed E-state index contributed by atoms with van der Waals surface area (Å²) in [5.41, 5.74) is 4.98. The van der Waals surface area contributed by atoms with E-state index in [1.807, 2.05) is 0 Å². The van der Waals surface area contributed by atoms with E-state index in [1.165, 1.54) is 0 Å². The normalized spacial score (nSPS) is 12.1. The molecule has 0 rings (SSSR count). The van der Waals surface area contributed by atoms with E-state index in [0.29, 0.717) is 0 Å². The molecule has 6 heteroatoms. The minimum absolute atomic E-state index is 0.111. The summed E-state index contributed by atoms with van der Waals surface area (Å²) in [5, 5.41) is 16.5. The van der Waals surface area contributed by atoms with Gasteiger partial charge in [-0.1, -0.05) is 0 Å². The SMILES string of the molecule is N[C@H](C(=O)O)C(=O)CCCC(=O)O. The van der Waals surface area contributed by atoms with E-state index in [4.69, 9.17) is 15.9 Å². The van der Waals surface area contributed by atoms with Gasteiger partial charge in [0.25, 0.3) is 0 Å². The highest BCUT2D eigenvalue weighted by molar-refractivity contribution is 6.02. The third-order valence-electron chi connectivity index (χ3n) is 1.43. The fourth-order valence-electron chi connectivity index (χ4n) is 0.707. The zero-order chi connectivity index (χ0) is 10.4. The fraction of sp³-hybridized carbons (Fsp3) is 0.571. The van der Waals surface area contributed by atoms with E-state index >= 15 is 0 Å². The summed E-state index contributed by atoms with van der Waals surface area (Å²) < 4.78 is 0. The number of carboxylic acid groups (broad SMARTS) is 2. The molecule has 74 valence electrons. The Morgan fingerprint density at radius 2 is 1.69 bits per heavy atom. The number of carboxylic acids is 2. The standard InChI is InChI=1S/C7H11NO5/c8-6(7(12)13)4(9)2-1-3-5(10)11/h6H,1-3,8H2,(H,10,11)(H,12,13)/t6-/m0/s1. The van der Waals surface area contributed by atoms with Crippen molar-refractivity contribution < 1.29 is 24.6 Å². The minimum Gasteiger partial charge on any atom is -0.481 e. The van der Waals surface area contributed by atoms with Crippen LogP contribution in [-0.2, 0) is 14.4 Å². The molecule has 0 fully saturated rings. The summed E-state index contributed by atoms with van der Waals surface area (Å²) in [5.74, 6) is -3.05. The maximum Gasteiger partial charge on any atom is 0.328 e. The highest BCUT2D eigenvalue weighted by Gasteiger charge is 2.20. The number of ketones is 1. The molecular weight excluding hydrogens is 178 g/mol. The largest absolute Gasteiger partial charge is 0.481 e. The first kappa shape index (κ1) is 11.6. The Morgan fingerprint density at radius 3 is 2.08 bits per heavy atom. The van der Waals surface area contributed by atoms with Gasteiger partial charge in [0.1, 0.15) is 0 Å². The van der Waals surface area contributed by atoms with Crippen LogP contribution in [0.1, 0.15) is 19.3 Å². The molecule has 1 atom stereocenters. The van der Waals surface area contributed by atoms with Crippen LogP contribution in [0.15, 0.2) is 0 Å². The van der Waals surface area contributed by atoms with Crippen molar-refractivity contribution in [2.75, 3.05) is 0 Å². The molecule has 0 aliphatic carbocycles. The number of nitrogens with two attached hydrogens (primary N) is 1. The molecular formula is C7H11NO5. The molecule has 13 heavy (non-hydrogen) atoms. The number of aliphatic carboxylic acids is 2. The average Bonchev–Trinajstić information content (AvgIpc) is 2.02. The first-order chi connectivity index (χ1) is 5.95. The average molecular weight is 189 g/mol. The summed E-state index contributed by atoms with van der Waals surface area (Å²) in [6.45, 7) is 0. The summed E-state index contributed by atoms with van der Waals surface area (Å²) >= 11 is 0. The smallest absolute Gasteiger partial charge is 0.328 e. The van der Waals surface area contributed by atoms with Crippen molar-refractivity contribution in [2.24, 2.45) is 5.73 Å². The summed E-state index contributed by atoms with van der Waals surface area (Å²) in [6, 6.07) is -1.53. The van der Waals surface area contributed by atoms with Crippen LogP contribution in [0.4, 0.5) is 0 Å². The van der Waals surface area contributed by atoms with Crippen LogP contribution in [-0.4, -0.2) is 34.0 Å². The molecule has 0 amide bonds. The van der Waals surface area contributed by atoms with E-state index < -0.39 is 23.8 Å². The van der Waals surface area contributed by atoms with Gasteiger partial charge in [-0.3, -0.25) is 14.4 Å². The van der Waals surface area contributed by atoms with Crippen LogP contribution in [0.5, 0.6) is 0 Å². The molecule has 0 saturated carbocycles. The maximum atomic E-state index is 10.9. The van der Waals surface area contributed by atoms with E-state index in [-0.39, 0.29) is 19.3 Å². The Morgan fingerprint density at radius 1 is 1.15 bits per heavy atom. The quantitative estimate of drug-likeness (QED) is 0.472. The van der Waals surface area contributed by atoms with Crippen LogP contribution >= 0.6 is 0 Å². The van der Waals surface area contributed by atoms with Crippen molar-refractivity contribution in [1.29, 1.82) is 0 Å². The number of hydrogen-bond donors (Lipinski definition) is 3. The van der Waals surface area contributed by atoms with Crippen molar-refractivity contribution in [1.82, 2.24) is 0 Å². The molecule has 6 nitrogen and oxygen atoms in total. The van der Waals surface area contributed by atoms with Crippen molar-refractivity contribution in [3.05, 3.63) is 0 Å². The molecule has 0 saturated heterocycles. The van der Waals surface area contributed by atoms with Crippen LogP contribution in [0.3, 0.4) is 0 Å². The number of carbonyl (C=O) groups excluding carboxylic acids is 1. The minimum atomic E-state index is -1.53. The number of carbonyl (C=O) groups is 3. The molecule has 0 spiro atoms. The lowest BCUT2D eigenvalue weighted by Gasteiger charge is -2.03. The second-order valence-electron chi connectivity index (χ2n) is 2.53. The van der Waals surface area contributed by atoms with Gasteiger partial charge in [-0.05, 0) is 6.42 Å². The van der Waals surface area contributed by atoms with Gasteiger partial charge in [-0.25, -0.2) is 0 Å². The molecule has 0 radical (unpaired) electrons. The first-order valence-corrected chi connectivity index (χ1v) is 3.68. The van der Waals surface area contributed by atoms with Crippen molar-refractivity contribution in [2.45, 2.75) is 25.3 Å². The van der Waals surface area contributed by atoms with Gasteiger partial charge in [0, 0.05) is 12.8 Å². The Kier molecular flexibility index (Phi) is 4.68. The highest BCUT2D eigenvalue weighted by atomic mass is 16.4. The Bertz CT molecular complexity index is 225. The number of hydrogen-bond acceptors (Lipinski definition) is 4. The molecule has 0 aromatic rings. The third kappa shape index (κ3) is 4.91. The van der Waals surface area contributed by atoms with Crippen LogP contribution < -0.4 is 5.73 Å². The lowest BCUT2D eigenvalue weighted by Crippen LogP contribution is -2.38. The van der Waals surface area contributed by atoms with Crippen LogP contribution in [0.25, 0.3) is 0 Å². The maximum absolute atomic E-state index is 10.9. The van der Waals surface area contributed by atoms with Crippen molar-refractivity contribution in [3.63, 3.8) is 0 Å². The molecule has 0 unspecified atom stereocenters. The third-order valence-corrected chi connectivity index (χ3v) is 1.43. The fourth-order valence-corrected chi connectivity index (χ4v) is 0.707. The Labute approximate surface area is 74.3 Å². The Hall–Kier alpha value is -1.43. The van der Waals surface area contributed by atoms with Gasteiger partial charge in [0.2, 0.25) is 0 Å². The molecule has 0 aliphatic heterocycles. The molecule has 0 aromatic carbocycles. The molecule has 0 heterocycles. The van der Waals surface area contributed by atoms with Gasteiger partial charge >= 0.3 is 11.9 Å². The van der Waals surface area contributed by atoms with Crippen molar-refractivity contribution in [3.8, 4) is 0 Å². The Balaban J connectivity index is 3.75. The van der Waals surface area contributed by atoms with Gasteiger partial charge in [0.05, 0.1) is 0 Å². The van der Waals surface area contributed by atoms with E-state index in [9.17, 15) is 14.4 Å². The predicted octanol–water partition coefficient (Wildman–Crippen LogP) is -0.778. The van der Waals surface area contributed by atoms with Crippen LogP contribution in [0, 0.1) is 0 Å².